The number of furan rings is 1. The molecule has 2 aromatic heterocycles. The fourth-order valence-corrected chi connectivity index (χ4v) is 2.11. The van der Waals surface area contributed by atoms with Crippen molar-refractivity contribution >= 4 is 0 Å². The first-order valence-corrected chi connectivity index (χ1v) is 6.74. The quantitative estimate of drug-likeness (QED) is 0.783. The van der Waals surface area contributed by atoms with Gasteiger partial charge in [0.15, 0.2) is 0 Å². The van der Waals surface area contributed by atoms with Crippen molar-refractivity contribution in [1.82, 2.24) is 15.1 Å². The first kappa shape index (κ1) is 13.6. The van der Waals surface area contributed by atoms with E-state index in [4.69, 9.17) is 4.42 Å². The number of aromatic nitrogens is 2. The maximum absolute atomic E-state index is 12.9. The molecule has 108 valence electrons. The van der Waals surface area contributed by atoms with Gasteiger partial charge in [-0.2, -0.15) is 5.10 Å². The van der Waals surface area contributed by atoms with Crippen LogP contribution in [0, 0.1) is 5.82 Å². The molecule has 0 atom stereocenters. The first-order valence-electron chi connectivity index (χ1n) is 6.74. The van der Waals surface area contributed by atoms with Crippen molar-refractivity contribution in [2.75, 3.05) is 0 Å². The highest BCUT2D eigenvalue weighted by atomic mass is 19.1. The summed E-state index contributed by atoms with van der Waals surface area (Å²) >= 11 is 0. The van der Waals surface area contributed by atoms with Crippen molar-refractivity contribution in [3.8, 4) is 11.3 Å². The molecule has 0 spiro atoms. The lowest BCUT2D eigenvalue weighted by atomic mass is 10.2. The van der Waals surface area contributed by atoms with Crippen molar-refractivity contribution in [1.29, 1.82) is 0 Å². The molecule has 0 amide bonds. The van der Waals surface area contributed by atoms with E-state index in [1.165, 1.54) is 12.1 Å². The average Bonchev–Trinajstić information content (AvgIpc) is 3.09. The highest BCUT2D eigenvalue weighted by Gasteiger charge is 2.05. The van der Waals surface area contributed by atoms with Crippen LogP contribution < -0.4 is 5.32 Å². The normalized spacial score (nSPS) is 11.0. The molecule has 0 bridgehead atoms. The van der Waals surface area contributed by atoms with Crippen LogP contribution in [0.4, 0.5) is 4.39 Å². The van der Waals surface area contributed by atoms with E-state index >= 15 is 0 Å². The highest BCUT2D eigenvalue weighted by Crippen LogP contribution is 2.22. The molecule has 1 N–H and O–H groups in total. The van der Waals surface area contributed by atoms with Crippen LogP contribution in [-0.4, -0.2) is 9.78 Å². The summed E-state index contributed by atoms with van der Waals surface area (Å²) in [6.07, 6.45) is 1.91. The molecular formula is C16H16FN3O. The number of nitrogens with zero attached hydrogens (tertiary/aromatic N) is 2. The number of aryl methyl sites for hydroxylation is 1. The van der Waals surface area contributed by atoms with Gasteiger partial charge in [-0.05, 0) is 42.5 Å². The van der Waals surface area contributed by atoms with Crippen LogP contribution in [0.1, 0.15) is 11.5 Å². The Labute approximate surface area is 122 Å². The summed E-state index contributed by atoms with van der Waals surface area (Å²) in [7, 11) is 1.89. The zero-order valence-electron chi connectivity index (χ0n) is 11.7. The summed E-state index contributed by atoms with van der Waals surface area (Å²) in [6.45, 7) is 1.31. The van der Waals surface area contributed by atoms with E-state index in [1.54, 1.807) is 16.8 Å². The van der Waals surface area contributed by atoms with E-state index in [0.29, 0.717) is 13.1 Å². The molecule has 0 aliphatic rings. The Kier molecular flexibility index (Phi) is 3.83. The molecule has 0 aliphatic carbocycles. The Morgan fingerprint density at radius 3 is 2.62 bits per heavy atom. The number of hydrogen-bond donors (Lipinski definition) is 1. The predicted octanol–water partition coefficient (Wildman–Crippen LogP) is 3.11. The van der Waals surface area contributed by atoms with E-state index in [9.17, 15) is 4.39 Å². The third-order valence-electron chi connectivity index (χ3n) is 3.16. The Hall–Kier alpha value is -2.40. The Morgan fingerprint density at radius 2 is 1.90 bits per heavy atom. The van der Waals surface area contributed by atoms with Gasteiger partial charge in [0, 0.05) is 25.4 Å². The second-order valence-corrected chi connectivity index (χ2v) is 4.86. The molecule has 1 aromatic carbocycles. The zero-order chi connectivity index (χ0) is 14.7. The van der Waals surface area contributed by atoms with Gasteiger partial charge >= 0.3 is 0 Å². The smallest absolute Gasteiger partial charge is 0.134 e. The third-order valence-corrected chi connectivity index (χ3v) is 3.16. The van der Waals surface area contributed by atoms with Crippen molar-refractivity contribution in [2.45, 2.75) is 13.1 Å². The van der Waals surface area contributed by atoms with Gasteiger partial charge in [0.1, 0.15) is 17.3 Å². The van der Waals surface area contributed by atoms with Gasteiger partial charge in [-0.3, -0.25) is 4.68 Å². The fourth-order valence-electron chi connectivity index (χ4n) is 2.11. The fraction of sp³-hybridized carbons (Fsp3) is 0.188. The molecule has 2 heterocycles. The highest BCUT2D eigenvalue weighted by molar-refractivity contribution is 5.57. The summed E-state index contributed by atoms with van der Waals surface area (Å²) in [4.78, 5) is 0. The van der Waals surface area contributed by atoms with Gasteiger partial charge in [-0.25, -0.2) is 4.39 Å². The molecule has 0 saturated carbocycles. The maximum atomic E-state index is 12.9. The van der Waals surface area contributed by atoms with Crippen molar-refractivity contribution in [3.63, 3.8) is 0 Å². The topological polar surface area (TPSA) is 43.0 Å². The van der Waals surface area contributed by atoms with E-state index in [0.717, 1.165) is 22.8 Å². The van der Waals surface area contributed by atoms with Crippen LogP contribution in [-0.2, 0) is 20.1 Å². The molecule has 0 unspecified atom stereocenters. The van der Waals surface area contributed by atoms with E-state index < -0.39 is 0 Å². The van der Waals surface area contributed by atoms with Crippen molar-refractivity contribution in [2.24, 2.45) is 7.05 Å². The Morgan fingerprint density at radius 1 is 1.10 bits per heavy atom. The SMILES string of the molecule is Cn1ccc(CNCc2ccc(-c3ccc(F)cc3)o2)n1. The molecule has 21 heavy (non-hydrogen) atoms. The van der Waals surface area contributed by atoms with Crippen LogP contribution in [0.15, 0.2) is 53.1 Å². The zero-order valence-corrected chi connectivity index (χ0v) is 11.7. The van der Waals surface area contributed by atoms with Gasteiger partial charge < -0.3 is 9.73 Å². The summed E-state index contributed by atoms with van der Waals surface area (Å²) < 4.78 is 20.4. The molecule has 0 fully saturated rings. The number of rotatable bonds is 5. The van der Waals surface area contributed by atoms with E-state index in [2.05, 4.69) is 10.4 Å². The van der Waals surface area contributed by atoms with Gasteiger partial charge in [0.2, 0.25) is 0 Å². The Balaban J connectivity index is 1.59. The van der Waals surface area contributed by atoms with Gasteiger partial charge in [-0.1, -0.05) is 0 Å². The first-order chi connectivity index (χ1) is 10.2. The molecule has 0 saturated heterocycles. The van der Waals surface area contributed by atoms with Gasteiger partial charge in [-0.15, -0.1) is 0 Å². The largest absolute Gasteiger partial charge is 0.460 e. The van der Waals surface area contributed by atoms with Crippen molar-refractivity contribution in [3.05, 3.63) is 65.9 Å². The van der Waals surface area contributed by atoms with Crippen LogP contribution in [0.3, 0.4) is 0 Å². The minimum Gasteiger partial charge on any atom is -0.460 e. The Bertz CT molecular complexity index is 715. The molecule has 5 heteroatoms. The lowest BCUT2D eigenvalue weighted by Gasteiger charge is -2.00. The number of nitrogens with one attached hydrogen (secondary N) is 1. The summed E-state index contributed by atoms with van der Waals surface area (Å²) in [6, 6.07) is 12.1. The van der Waals surface area contributed by atoms with E-state index in [-0.39, 0.29) is 5.82 Å². The van der Waals surface area contributed by atoms with Crippen LogP contribution >= 0.6 is 0 Å². The summed E-state index contributed by atoms with van der Waals surface area (Å²) in [5, 5.41) is 7.57. The second-order valence-electron chi connectivity index (χ2n) is 4.86. The molecule has 0 aliphatic heterocycles. The number of benzene rings is 1. The minimum absolute atomic E-state index is 0.248. The number of hydrogen-bond acceptors (Lipinski definition) is 3. The monoisotopic (exact) mass is 285 g/mol. The molecule has 3 rings (SSSR count). The second kappa shape index (κ2) is 5.93. The molecule has 3 aromatic rings. The average molecular weight is 285 g/mol. The van der Waals surface area contributed by atoms with Gasteiger partial charge in [0.25, 0.3) is 0 Å². The lowest BCUT2D eigenvalue weighted by molar-refractivity contribution is 0.491. The standard InChI is InChI=1S/C16H16FN3O/c1-20-9-8-14(19-20)10-18-11-15-6-7-16(21-15)12-2-4-13(17)5-3-12/h2-9,18H,10-11H2,1H3. The minimum atomic E-state index is -0.248. The third kappa shape index (κ3) is 3.38. The van der Waals surface area contributed by atoms with Gasteiger partial charge in [0.05, 0.1) is 12.2 Å². The van der Waals surface area contributed by atoms with E-state index in [1.807, 2.05) is 31.4 Å². The van der Waals surface area contributed by atoms with Crippen LogP contribution in [0.2, 0.25) is 0 Å². The summed E-state index contributed by atoms with van der Waals surface area (Å²) in [5.74, 6) is 1.33. The lowest BCUT2D eigenvalue weighted by Crippen LogP contribution is -2.12. The van der Waals surface area contributed by atoms with Crippen LogP contribution in [0.5, 0.6) is 0 Å². The summed E-state index contributed by atoms with van der Waals surface area (Å²) in [5.41, 5.74) is 1.86. The van der Waals surface area contributed by atoms with Crippen molar-refractivity contribution < 1.29 is 8.81 Å². The van der Waals surface area contributed by atoms with Crippen LogP contribution in [0.25, 0.3) is 11.3 Å². The molecule has 0 radical (unpaired) electrons. The number of halogens is 1. The predicted molar refractivity (Wildman–Crippen MR) is 77.9 cm³/mol. The maximum Gasteiger partial charge on any atom is 0.134 e. The molecule has 4 nitrogen and oxygen atoms in total. The molecular weight excluding hydrogens is 269 g/mol.